The van der Waals surface area contributed by atoms with E-state index in [1.165, 1.54) is 0 Å². The molecule has 6 heteroatoms. The molecule has 19 heavy (non-hydrogen) atoms. The molecule has 1 saturated heterocycles. The molecule has 1 fully saturated rings. The maximum atomic E-state index is 10.8. The normalized spacial score (nSPS) is 20.5. The van der Waals surface area contributed by atoms with Gasteiger partial charge in [-0.05, 0) is 39.2 Å². The Bertz CT molecular complexity index is 487. The largest absolute Gasteiger partial charge is 0.495 e. The van der Waals surface area contributed by atoms with E-state index in [0.717, 1.165) is 11.7 Å². The van der Waals surface area contributed by atoms with E-state index < -0.39 is 18.3 Å². The minimum Gasteiger partial charge on any atom is -0.399 e. The lowest BCUT2D eigenvalue weighted by molar-refractivity contribution is -0.107. The number of carbonyl (C=O) groups excluding carboxylic acids is 1. The number of pyridine rings is 1. The van der Waals surface area contributed by atoms with Crippen LogP contribution in [0.5, 0.6) is 0 Å². The summed E-state index contributed by atoms with van der Waals surface area (Å²) in [7, 11) is -0.523. The van der Waals surface area contributed by atoms with Gasteiger partial charge in [-0.15, -0.1) is 0 Å². The van der Waals surface area contributed by atoms with Gasteiger partial charge >= 0.3 is 7.12 Å². The van der Waals surface area contributed by atoms with Crippen molar-refractivity contribution in [2.75, 3.05) is 5.73 Å². The van der Waals surface area contributed by atoms with Gasteiger partial charge in [-0.3, -0.25) is 0 Å². The van der Waals surface area contributed by atoms with Gasteiger partial charge in [0.2, 0.25) is 0 Å². The summed E-state index contributed by atoms with van der Waals surface area (Å²) in [6.07, 6.45) is 2.62. The van der Waals surface area contributed by atoms with Gasteiger partial charge in [-0.25, -0.2) is 4.98 Å². The Kier molecular flexibility index (Phi) is 3.41. The van der Waals surface area contributed by atoms with Crippen LogP contribution in [0.4, 0.5) is 5.82 Å². The van der Waals surface area contributed by atoms with Crippen molar-refractivity contribution in [3.63, 3.8) is 0 Å². The smallest absolute Gasteiger partial charge is 0.399 e. The highest BCUT2D eigenvalue weighted by Crippen LogP contribution is 2.36. The molecule has 5 nitrogen and oxygen atoms in total. The van der Waals surface area contributed by atoms with E-state index in [1.807, 2.05) is 27.7 Å². The van der Waals surface area contributed by atoms with Gasteiger partial charge in [-0.1, -0.05) is 0 Å². The lowest BCUT2D eigenvalue weighted by atomic mass is 9.76. The minimum atomic E-state index is -0.523. The molecular weight excluding hydrogens is 243 g/mol. The fourth-order valence-corrected chi connectivity index (χ4v) is 2.02. The average Bonchev–Trinajstić information content (AvgIpc) is 2.51. The summed E-state index contributed by atoms with van der Waals surface area (Å²) in [5.41, 5.74) is 6.44. The number of hydrogen-bond acceptors (Lipinski definition) is 5. The number of nitrogens with zero attached hydrogens (tertiary/aromatic N) is 1. The number of aldehydes is 1. The zero-order valence-electron chi connectivity index (χ0n) is 11.8. The van der Waals surface area contributed by atoms with Crippen molar-refractivity contribution < 1.29 is 14.1 Å². The highest BCUT2D eigenvalue weighted by atomic mass is 16.7. The highest BCUT2D eigenvalue weighted by Gasteiger charge is 2.52. The second-order valence-electron chi connectivity index (χ2n) is 5.72. The third-order valence-electron chi connectivity index (χ3n) is 3.92. The predicted molar refractivity (Wildman–Crippen MR) is 74.1 cm³/mol. The quantitative estimate of drug-likeness (QED) is 0.641. The summed E-state index contributed by atoms with van der Waals surface area (Å²) in [5.74, 6) is 0.347. The molecular formula is C13H19BN2O3. The van der Waals surface area contributed by atoms with Gasteiger partial charge in [0.15, 0.2) is 0 Å². The Morgan fingerprint density at radius 1 is 1.32 bits per heavy atom. The molecule has 0 aliphatic carbocycles. The average molecular weight is 262 g/mol. The summed E-state index contributed by atoms with van der Waals surface area (Å²) in [5, 5.41) is 0. The van der Waals surface area contributed by atoms with Crippen molar-refractivity contribution in [1.29, 1.82) is 0 Å². The van der Waals surface area contributed by atoms with Crippen LogP contribution in [0.15, 0.2) is 12.3 Å². The van der Waals surface area contributed by atoms with Crippen LogP contribution in [0.25, 0.3) is 0 Å². The van der Waals surface area contributed by atoms with E-state index in [2.05, 4.69) is 4.98 Å². The molecule has 0 unspecified atom stereocenters. The lowest BCUT2D eigenvalue weighted by Gasteiger charge is -2.32. The molecule has 1 aromatic rings. The van der Waals surface area contributed by atoms with E-state index in [9.17, 15) is 4.79 Å². The second-order valence-corrected chi connectivity index (χ2v) is 5.72. The van der Waals surface area contributed by atoms with Crippen LogP contribution in [-0.4, -0.2) is 29.6 Å². The topological polar surface area (TPSA) is 74.4 Å². The van der Waals surface area contributed by atoms with Gasteiger partial charge < -0.3 is 19.8 Å². The van der Waals surface area contributed by atoms with E-state index in [1.54, 1.807) is 12.3 Å². The molecule has 0 aromatic carbocycles. The number of anilines is 1. The first-order valence-electron chi connectivity index (χ1n) is 6.31. The van der Waals surface area contributed by atoms with Crippen molar-refractivity contribution in [3.05, 3.63) is 17.8 Å². The summed E-state index contributed by atoms with van der Waals surface area (Å²) < 4.78 is 11.9. The fourth-order valence-electron chi connectivity index (χ4n) is 2.02. The van der Waals surface area contributed by atoms with E-state index >= 15 is 0 Å². The van der Waals surface area contributed by atoms with Crippen LogP contribution in [0.3, 0.4) is 0 Å². The molecule has 1 aliphatic rings. The number of hydrogen-bond donors (Lipinski definition) is 1. The van der Waals surface area contributed by atoms with Crippen molar-refractivity contribution in [1.82, 2.24) is 4.98 Å². The molecule has 1 aromatic heterocycles. The minimum absolute atomic E-state index is 0.207. The second kappa shape index (κ2) is 4.61. The van der Waals surface area contributed by atoms with Crippen molar-refractivity contribution in [2.24, 2.45) is 0 Å². The molecule has 2 heterocycles. The third kappa shape index (κ3) is 2.38. The zero-order chi connectivity index (χ0) is 14.3. The standard InChI is InChI=1S/C13H19BN2O3/c1-12(2)13(3,4)19-14(18-12)10-5-7-16-11(15)9(10)6-8-17/h5,7-8H,6H2,1-4H3,(H2,15,16). The molecule has 0 amide bonds. The van der Waals surface area contributed by atoms with Crippen LogP contribution >= 0.6 is 0 Å². The van der Waals surface area contributed by atoms with Crippen molar-refractivity contribution in [3.8, 4) is 0 Å². The van der Waals surface area contributed by atoms with Gasteiger partial charge in [0.05, 0.1) is 11.2 Å². The predicted octanol–water partition coefficient (Wildman–Crippen LogP) is 0.704. The Morgan fingerprint density at radius 3 is 2.42 bits per heavy atom. The van der Waals surface area contributed by atoms with Crippen LogP contribution in [-0.2, 0) is 20.5 Å². The van der Waals surface area contributed by atoms with Crippen LogP contribution in [0, 0.1) is 0 Å². The number of aromatic nitrogens is 1. The lowest BCUT2D eigenvalue weighted by Crippen LogP contribution is -2.41. The third-order valence-corrected chi connectivity index (χ3v) is 3.92. The zero-order valence-corrected chi connectivity index (χ0v) is 11.8. The Balaban J connectivity index is 2.39. The Morgan fingerprint density at radius 2 is 1.89 bits per heavy atom. The molecule has 0 spiro atoms. The Labute approximate surface area is 113 Å². The van der Waals surface area contributed by atoms with Crippen LogP contribution in [0.2, 0.25) is 0 Å². The highest BCUT2D eigenvalue weighted by molar-refractivity contribution is 6.62. The number of nitrogens with two attached hydrogens (primary N) is 1. The van der Waals surface area contributed by atoms with Crippen molar-refractivity contribution >= 4 is 24.7 Å². The molecule has 102 valence electrons. The summed E-state index contributed by atoms with van der Waals surface area (Å²) >= 11 is 0. The summed E-state index contributed by atoms with van der Waals surface area (Å²) in [6, 6.07) is 1.79. The first-order chi connectivity index (χ1) is 8.78. The number of rotatable bonds is 3. The molecule has 0 saturated carbocycles. The first-order valence-corrected chi connectivity index (χ1v) is 6.31. The van der Waals surface area contributed by atoms with Gasteiger partial charge in [-0.2, -0.15) is 0 Å². The van der Waals surface area contributed by atoms with Gasteiger partial charge in [0.25, 0.3) is 0 Å². The molecule has 2 N–H and O–H groups in total. The first kappa shape index (κ1) is 14.0. The van der Waals surface area contributed by atoms with Crippen LogP contribution in [0.1, 0.15) is 33.3 Å². The van der Waals surface area contributed by atoms with E-state index in [0.29, 0.717) is 11.4 Å². The molecule has 0 bridgehead atoms. The maximum Gasteiger partial charge on any atom is 0.495 e. The summed E-state index contributed by atoms with van der Waals surface area (Å²) in [6.45, 7) is 7.93. The van der Waals surface area contributed by atoms with Crippen LogP contribution < -0.4 is 11.2 Å². The van der Waals surface area contributed by atoms with Gasteiger partial charge in [0, 0.05) is 18.2 Å². The molecule has 0 radical (unpaired) electrons. The number of nitrogen functional groups attached to an aromatic ring is 1. The van der Waals surface area contributed by atoms with Crippen molar-refractivity contribution in [2.45, 2.75) is 45.3 Å². The SMILES string of the molecule is CC1(C)OB(c2ccnc(N)c2CC=O)OC1(C)C. The van der Waals surface area contributed by atoms with E-state index in [4.69, 9.17) is 15.0 Å². The molecule has 2 rings (SSSR count). The summed E-state index contributed by atoms with van der Waals surface area (Å²) in [4.78, 5) is 14.8. The van der Waals surface area contributed by atoms with E-state index in [-0.39, 0.29) is 6.42 Å². The molecule has 0 atom stereocenters. The Hall–Kier alpha value is -1.40. The fraction of sp³-hybridized carbons (Fsp3) is 0.538. The molecule has 1 aliphatic heterocycles. The monoisotopic (exact) mass is 262 g/mol. The maximum absolute atomic E-state index is 10.8. The van der Waals surface area contributed by atoms with Gasteiger partial charge in [0.1, 0.15) is 12.1 Å². The number of carbonyl (C=O) groups is 1.